The van der Waals surface area contributed by atoms with Gasteiger partial charge < -0.3 is 19.7 Å². The Morgan fingerprint density at radius 2 is 1.91 bits per heavy atom. The van der Waals surface area contributed by atoms with Gasteiger partial charge in [-0.15, -0.1) is 0 Å². The lowest BCUT2D eigenvalue weighted by Gasteiger charge is -2.36. The van der Waals surface area contributed by atoms with Crippen molar-refractivity contribution < 1.29 is 27.4 Å². The fourth-order valence-corrected chi connectivity index (χ4v) is 3.75. The molecule has 1 heterocycles. The van der Waals surface area contributed by atoms with Crippen LogP contribution in [0, 0.1) is 17.5 Å². The molecule has 3 aromatic carbocycles. The second kappa shape index (κ2) is 9.10. The molecule has 4 rings (SSSR count). The number of fused-ring (bicyclic) bond motifs is 1. The minimum absolute atomic E-state index is 0.0976. The topological polar surface area (TPSA) is 50.8 Å². The number of nitrogens with one attached hydrogen (secondary N) is 1. The van der Waals surface area contributed by atoms with Crippen LogP contribution >= 0.6 is 11.6 Å². The maximum atomic E-state index is 14.8. The number of ether oxygens (including phenoxy) is 2. The van der Waals surface area contributed by atoms with Crippen LogP contribution in [-0.2, 0) is 4.74 Å². The highest BCUT2D eigenvalue weighted by molar-refractivity contribution is 6.34. The van der Waals surface area contributed by atoms with Crippen molar-refractivity contribution in [1.29, 1.82) is 0 Å². The molecule has 3 aromatic rings. The maximum Gasteiger partial charge on any atom is 0.260 e. The van der Waals surface area contributed by atoms with Crippen molar-refractivity contribution in [3.63, 3.8) is 0 Å². The molecular weight excluding hydrogens is 445 g/mol. The van der Waals surface area contributed by atoms with Crippen LogP contribution in [0.3, 0.4) is 0 Å². The van der Waals surface area contributed by atoms with Gasteiger partial charge in [-0.1, -0.05) is 17.7 Å². The summed E-state index contributed by atoms with van der Waals surface area (Å²) in [4.78, 5) is 14.4. The van der Waals surface area contributed by atoms with E-state index in [4.69, 9.17) is 21.1 Å². The van der Waals surface area contributed by atoms with E-state index in [2.05, 4.69) is 5.32 Å². The standard InChI is InChI=1S/C23H18ClF3N2O3/c1-31-12-15-11-29(14-7-5-13(25)6-8-14)20-10-19(18(27)9-21(20)32-15)28-23(30)22-16(24)3-2-4-17(22)26/h2-10,15H,11-12H2,1H3,(H,28,30). The minimum atomic E-state index is -0.894. The number of carbonyl (C=O) groups is 1. The highest BCUT2D eigenvalue weighted by Gasteiger charge is 2.29. The lowest BCUT2D eigenvalue weighted by molar-refractivity contribution is 0.0808. The molecule has 9 heteroatoms. The van der Waals surface area contributed by atoms with Crippen molar-refractivity contribution >= 4 is 34.6 Å². The molecule has 0 radical (unpaired) electrons. The molecule has 1 aliphatic heterocycles. The summed E-state index contributed by atoms with van der Waals surface area (Å²) in [5.41, 5.74) is 0.505. The second-order valence-electron chi connectivity index (χ2n) is 7.13. The summed E-state index contributed by atoms with van der Waals surface area (Å²) in [5.74, 6) is -2.67. The molecule has 0 spiro atoms. The van der Waals surface area contributed by atoms with Crippen LogP contribution in [0.25, 0.3) is 0 Å². The summed E-state index contributed by atoms with van der Waals surface area (Å²) in [6.45, 7) is 0.591. The number of benzene rings is 3. The third-order valence-electron chi connectivity index (χ3n) is 4.95. The van der Waals surface area contributed by atoms with Gasteiger partial charge in [-0.2, -0.15) is 0 Å². The Balaban J connectivity index is 1.72. The largest absolute Gasteiger partial charge is 0.484 e. The predicted octanol–water partition coefficient (Wildman–Crippen LogP) is 5.56. The lowest BCUT2D eigenvalue weighted by Crippen LogP contribution is -2.40. The van der Waals surface area contributed by atoms with Crippen LogP contribution < -0.4 is 15.0 Å². The van der Waals surface area contributed by atoms with Gasteiger partial charge >= 0.3 is 0 Å². The van der Waals surface area contributed by atoms with Gasteiger partial charge in [0.2, 0.25) is 0 Å². The van der Waals surface area contributed by atoms with E-state index in [0.29, 0.717) is 17.9 Å². The summed E-state index contributed by atoms with van der Waals surface area (Å²) >= 11 is 5.94. The SMILES string of the molecule is COCC1CN(c2ccc(F)cc2)c2cc(NC(=O)c3c(F)cccc3Cl)c(F)cc2O1. The molecule has 1 N–H and O–H groups in total. The van der Waals surface area contributed by atoms with Gasteiger partial charge in [-0.3, -0.25) is 4.79 Å². The van der Waals surface area contributed by atoms with E-state index in [1.807, 2.05) is 0 Å². The third kappa shape index (κ3) is 4.37. The molecule has 1 unspecified atom stereocenters. The van der Waals surface area contributed by atoms with Crippen molar-refractivity contribution in [2.24, 2.45) is 0 Å². The molecule has 0 aromatic heterocycles. The first-order valence-electron chi connectivity index (χ1n) is 9.65. The molecule has 0 saturated carbocycles. The zero-order valence-corrected chi connectivity index (χ0v) is 17.6. The highest BCUT2D eigenvalue weighted by Crippen LogP contribution is 2.41. The number of rotatable bonds is 5. The van der Waals surface area contributed by atoms with Crippen molar-refractivity contribution in [2.75, 3.05) is 30.5 Å². The number of anilines is 3. The summed E-state index contributed by atoms with van der Waals surface area (Å²) in [6.07, 6.45) is -0.408. The molecule has 0 aliphatic carbocycles. The van der Waals surface area contributed by atoms with Crippen LogP contribution in [0.4, 0.5) is 30.2 Å². The molecule has 0 bridgehead atoms. The summed E-state index contributed by atoms with van der Waals surface area (Å²) in [7, 11) is 1.52. The van der Waals surface area contributed by atoms with Gasteiger partial charge in [0.1, 0.15) is 23.5 Å². The van der Waals surface area contributed by atoms with E-state index >= 15 is 0 Å². The molecule has 0 saturated heterocycles. The normalized spacial score (nSPS) is 15.2. The van der Waals surface area contributed by atoms with E-state index in [-0.39, 0.29) is 23.1 Å². The first-order valence-corrected chi connectivity index (χ1v) is 10.0. The van der Waals surface area contributed by atoms with Crippen LogP contribution in [0.1, 0.15) is 10.4 Å². The van der Waals surface area contributed by atoms with Crippen LogP contribution in [0.5, 0.6) is 5.75 Å². The van der Waals surface area contributed by atoms with Crippen molar-refractivity contribution in [3.8, 4) is 5.75 Å². The second-order valence-corrected chi connectivity index (χ2v) is 7.54. The van der Waals surface area contributed by atoms with Crippen LogP contribution in [0.2, 0.25) is 5.02 Å². The van der Waals surface area contributed by atoms with Crippen LogP contribution in [-0.4, -0.2) is 32.3 Å². The molecule has 1 aliphatic rings. The monoisotopic (exact) mass is 462 g/mol. The Labute approximate surface area is 187 Å². The first-order chi connectivity index (χ1) is 15.4. The van der Waals surface area contributed by atoms with Gasteiger partial charge in [0.05, 0.1) is 35.1 Å². The van der Waals surface area contributed by atoms with Crippen LogP contribution in [0.15, 0.2) is 54.6 Å². The number of hydrogen-bond acceptors (Lipinski definition) is 4. The first kappa shape index (κ1) is 22.0. The summed E-state index contributed by atoms with van der Waals surface area (Å²) in [5, 5.41) is 2.27. The van der Waals surface area contributed by atoms with Crippen molar-refractivity contribution in [1.82, 2.24) is 0 Å². The number of hydrogen-bond donors (Lipinski definition) is 1. The zero-order valence-electron chi connectivity index (χ0n) is 16.9. The van der Waals surface area contributed by atoms with E-state index in [1.165, 1.54) is 37.4 Å². The fourth-order valence-electron chi connectivity index (χ4n) is 3.50. The minimum Gasteiger partial charge on any atom is -0.484 e. The Kier molecular flexibility index (Phi) is 6.25. The van der Waals surface area contributed by atoms with Crippen molar-refractivity contribution in [3.05, 3.63) is 82.6 Å². The van der Waals surface area contributed by atoms with Crippen molar-refractivity contribution in [2.45, 2.75) is 6.10 Å². The van der Waals surface area contributed by atoms with Gasteiger partial charge in [0.15, 0.2) is 5.82 Å². The molecule has 1 atom stereocenters. The Hall–Kier alpha value is -3.23. The zero-order chi connectivity index (χ0) is 22.8. The molecule has 32 heavy (non-hydrogen) atoms. The molecule has 1 amide bonds. The smallest absolute Gasteiger partial charge is 0.260 e. The molecular formula is C23H18ClF3N2O3. The number of carbonyl (C=O) groups excluding carboxylic acids is 1. The Morgan fingerprint density at radius 3 is 2.59 bits per heavy atom. The fraction of sp³-hybridized carbons (Fsp3) is 0.174. The third-order valence-corrected chi connectivity index (χ3v) is 5.26. The van der Waals surface area contributed by atoms with E-state index in [1.54, 1.807) is 17.0 Å². The summed E-state index contributed by atoms with van der Waals surface area (Å²) < 4.78 is 53.4. The molecule has 5 nitrogen and oxygen atoms in total. The van der Waals surface area contributed by atoms with Gasteiger partial charge in [0, 0.05) is 18.9 Å². The highest BCUT2D eigenvalue weighted by atomic mass is 35.5. The number of nitrogens with zero attached hydrogens (tertiary/aromatic N) is 1. The average Bonchev–Trinajstić information content (AvgIpc) is 2.75. The molecule has 166 valence electrons. The average molecular weight is 463 g/mol. The predicted molar refractivity (Wildman–Crippen MR) is 115 cm³/mol. The van der Waals surface area contributed by atoms with Gasteiger partial charge in [-0.05, 0) is 42.5 Å². The van der Waals surface area contributed by atoms with E-state index in [0.717, 1.165) is 12.1 Å². The number of halogens is 4. The molecule has 0 fully saturated rings. The number of methoxy groups -OCH3 is 1. The lowest BCUT2D eigenvalue weighted by atomic mass is 10.1. The van der Waals surface area contributed by atoms with Gasteiger partial charge in [0.25, 0.3) is 5.91 Å². The van der Waals surface area contributed by atoms with Gasteiger partial charge in [-0.25, -0.2) is 13.2 Å². The maximum absolute atomic E-state index is 14.8. The Morgan fingerprint density at radius 1 is 1.16 bits per heavy atom. The number of amides is 1. The quantitative estimate of drug-likeness (QED) is 0.539. The van der Waals surface area contributed by atoms with E-state index < -0.39 is 35.0 Å². The summed E-state index contributed by atoms with van der Waals surface area (Å²) in [6, 6.07) is 12.1. The Bertz CT molecular complexity index is 1140. The van der Waals surface area contributed by atoms with E-state index in [9.17, 15) is 18.0 Å².